The van der Waals surface area contributed by atoms with Gasteiger partial charge >= 0.3 is 0 Å². The maximum Gasteiger partial charge on any atom is 0.200 e. The van der Waals surface area contributed by atoms with Gasteiger partial charge in [-0.15, -0.1) is 14.8 Å². The molecule has 8 heteroatoms. The zero-order chi connectivity index (χ0) is 11.7. The average molecular weight is 245 g/mol. The molecule has 0 saturated carbocycles. The Morgan fingerprint density at radius 2 is 2.18 bits per heavy atom. The molecule has 0 radical (unpaired) electrons. The predicted molar refractivity (Wildman–Crippen MR) is 61.3 cm³/mol. The third-order valence-corrected chi connectivity index (χ3v) is 3.01. The zero-order valence-electron chi connectivity index (χ0n) is 8.56. The number of tetrazole rings is 1. The number of nitrogens with zero attached hydrogens (tertiary/aromatic N) is 6. The van der Waals surface area contributed by atoms with E-state index in [0.29, 0.717) is 16.4 Å². The van der Waals surface area contributed by atoms with Crippen LogP contribution in [-0.4, -0.2) is 30.2 Å². The van der Waals surface area contributed by atoms with Crippen LogP contribution in [0, 0.1) is 0 Å². The van der Waals surface area contributed by atoms with Crippen LogP contribution >= 0.6 is 11.8 Å². The fourth-order valence-electron chi connectivity index (χ4n) is 1.28. The molecule has 0 bridgehead atoms. The van der Waals surface area contributed by atoms with Crippen molar-refractivity contribution >= 4 is 23.1 Å². The minimum absolute atomic E-state index is 0.600. The molecule has 3 rings (SSSR count). The second-order valence-electron chi connectivity index (χ2n) is 3.20. The Morgan fingerprint density at radius 3 is 3.06 bits per heavy atom. The van der Waals surface area contributed by atoms with E-state index in [4.69, 9.17) is 5.73 Å². The van der Waals surface area contributed by atoms with Gasteiger partial charge in [-0.1, -0.05) is 0 Å². The van der Waals surface area contributed by atoms with Crippen molar-refractivity contribution in [2.24, 2.45) is 0 Å². The summed E-state index contributed by atoms with van der Waals surface area (Å²) < 4.78 is 1.36. The highest BCUT2D eigenvalue weighted by Crippen LogP contribution is 2.27. The van der Waals surface area contributed by atoms with E-state index < -0.39 is 0 Å². The van der Waals surface area contributed by atoms with Crippen molar-refractivity contribution in [1.29, 1.82) is 0 Å². The third kappa shape index (κ3) is 1.89. The highest BCUT2D eigenvalue weighted by molar-refractivity contribution is 7.99. The summed E-state index contributed by atoms with van der Waals surface area (Å²) in [6.07, 6.45) is 1.69. The van der Waals surface area contributed by atoms with Crippen molar-refractivity contribution in [2.45, 2.75) is 10.1 Å². The van der Waals surface area contributed by atoms with E-state index >= 15 is 0 Å². The van der Waals surface area contributed by atoms with Crippen molar-refractivity contribution in [3.05, 3.63) is 30.5 Å². The summed E-state index contributed by atoms with van der Waals surface area (Å²) in [5.74, 6) is 0. The molecule has 0 unspecified atom stereocenters. The Balaban J connectivity index is 1.97. The maximum atomic E-state index is 5.80. The van der Waals surface area contributed by atoms with Crippen LogP contribution in [0.1, 0.15) is 0 Å². The number of aromatic nitrogens is 6. The molecule has 0 aliphatic heterocycles. The average Bonchev–Trinajstić information content (AvgIpc) is 2.79. The van der Waals surface area contributed by atoms with Gasteiger partial charge in [0.05, 0.1) is 5.69 Å². The van der Waals surface area contributed by atoms with E-state index in [9.17, 15) is 0 Å². The number of nitrogens with two attached hydrogens (primary N) is 1. The summed E-state index contributed by atoms with van der Waals surface area (Å²) in [5, 5.41) is 16.7. The van der Waals surface area contributed by atoms with Crippen molar-refractivity contribution in [3.63, 3.8) is 0 Å². The van der Waals surface area contributed by atoms with Gasteiger partial charge in [-0.2, -0.15) is 0 Å². The van der Waals surface area contributed by atoms with Crippen molar-refractivity contribution in [2.75, 3.05) is 5.73 Å². The summed E-state index contributed by atoms with van der Waals surface area (Å²) in [6.45, 7) is 0. The number of rotatable bonds is 2. The summed E-state index contributed by atoms with van der Waals surface area (Å²) >= 11 is 1.37. The monoisotopic (exact) mass is 245 g/mol. The number of anilines is 1. The van der Waals surface area contributed by atoms with E-state index in [0.717, 1.165) is 5.03 Å². The van der Waals surface area contributed by atoms with Gasteiger partial charge in [0.25, 0.3) is 0 Å². The Bertz CT molecular complexity index is 665. The first-order valence-electron chi connectivity index (χ1n) is 4.77. The quantitative estimate of drug-likeness (QED) is 0.708. The molecule has 0 atom stereocenters. The molecular formula is C9H7N7S. The van der Waals surface area contributed by atoms with Gasteiger partial charge in [-0.05, 0) is 46.5 Å². The Morgan fingerprint density at radius 1 is 1.24 bits per heavy atom. The number of pyridine rings is 1. The first-order valence-corrected chi connectivity index (χ1v) is 5.58. The molecule has 0 fully saturated rings. The van der Waals surface area contributed by atoms with Crippen LogP contribution in [0.15, 0.2) is 40.5 Å². The highest BCUT2D eigenvalue weighted by Gasteiger charge is 2.06. The van der Waals surface area contributed by atoms with E-state index in [-0.39, 0.29) is 0 Å². The lowest BCUT2D eigenvalue weighted by Gasteiger charge is -2.02. The number of fused-ring (bicyclic) bond motifs is 1. The van der Waals surface area contributed by atoms with Crippen LogP contribution in [0.2, 0.25) is 0 Å². The van der Waals surface area contributed by atoms with E-state index in [1.54, 1.807) is 24.4 Å². The molecule has 7 nitrogen and oxygen atoms in total. The Labute approximate surface area is 100 Å². The zero-order valence-corrected chi connectivity index (χ0v) is 9.37. The second-order valence-corrected chi connectivity index (χ2v) is 4.21. The number of hydrogen-bond acceptors (Lipinski definition) is 7. The maximum absolute atomic E-state index is 5.80. The van der Waals surface area contributed by atoms with Gasteiger partial charge in [-0.25, -0.2) is 4.98 Å². The van der Waals surface area contributed by atoms with Crippen molar-refractivity contribution in [3.8, 4) is 0 Å². The molecule has 0 saturated heterocycles. The van der Waals surface area contributed by atoms with Crippen molar-refractivity contribution < 1.29 is 0 Å². The predicted octanol–water partition coefficient (Wildman–Crippen LogP) is 0.648. The van der Waals surface area contributed by atoms with Crippen LogP contribution in [0.3, 0.4) is 0 Å². The Hall–Kier alpha value is -2.22. The summed E-state index contributed by atoms with van der Waals surface area (Å²) in [5.41, 5.74) is 7.02. The lowest BCUT2D eigenvalue weighted by Crippen LogP contribution is -1.96. The lowest BCUT2D eigenvalue weighted by molar-refractivity contribution is 0.702. The lowest BCUT2D eigenvalue weighted by atomic mass is 10.4. The fourth-order valence-corrected chi connectivity index (χ4v) is 2.03. The number of nitrogen functional groups attached to an aromatic ring is 1. The topological polar surface area (TPSA) is 94.9 Å². The normalized spacial score (nSPS) is 10.8. The molecule has 0 aliphatic rings. The van der Waals surface area contributed by atoms with Crippen LogP contribution in [0.25, 0.3) is 5.65 Å². The van der Waals surface area contributed by atoms with Crippen LogP contribution in [-0.2, 0) is 0 Å². The third-order valence-electron chi connectivity index (χ3n) is 2.05. The van der Waals surface area contributed by atoms with Crippen molar-refractivity contribution in [1.82, 2.24) is 30.2 Å². The van der Waals surface area contributed by atoms with Gasteiger partial charge in [-0.3, -0.25) is 0 Å². The van der Waals surface area contributed by atoms with E-state index in [1.165, 1.54) is 16.4 Å². The van der Waals surface area contributed by atoms with Gasteiger partial charge in [0, 0.05) is 6.20 Å². The van der Waals surface area contributed by atoms with E-state index in [1.807, 2.05) is 6.07 Å². The molecule has 0 spiro atoms. The highest BCUT2D eigenvalue weighted by atomic mass is 32.2. The Kier molecular flexibility index (Phi) is 2.33. The summed E-state index contributed by atoms with van der Waals surface area (Å²) in [6, 6.07) is 7.20. The van der Waals surface area contributed by atoms with E-state index in [2.05, 4.69) is 25.6 Å². The number of hydrogen-bond donors (Lipinski definition) is 1. The molecule has 3 heterocycles. The van der Waals surface area contributed by atoms with Gasteiger partial charge < -0.3 is 5.73 Å². The van der Waals surface area contributed by atoms with Crippen LogP contribution in [0.5, 0.6) is 0 Å². The molecule has 17 heavy (non-hydrogen) atoms. The first kappa shape index (κ1) is 9.97. The summed E-state index contributed by atoms with van der Waals surface area (Å²) in [4.78, 5) is 4.18. The SMILES string of the molecule is Nc1cccnc1Sc1ccc2nnnn2n1. The molecule has 84 valence electrons. The largest absolute Gasteiger partial charge is 0.397 e. The summed E-state index contributed by atoms with van der Waals surface area (Å²) in [7, 11) is 0. The van der Waals surface area contributed by atoms with Crippen LogP contribution < -0.4 is 5.73 Å². The van der Waals surface area contributed by atoms with Gasteiger partial charge in [0.1, 0.15) is 10.1 Å². The molecular weight excluding hydrogens is 238 g/mol. The minimum Gasteiger partial charge on any atom is -0.397 e. The first-order chi connectivity index (χ1) is 8.33. The second kappa shape index (κ2) is 3.98. The standard InChI is InChI=1S/C9H7N7S/c10-6-2-1-5-11-9(6)17-8-4-3-7-12-14-15-16(7)13-8/h1-5H,10H2. The smallest absolute Gasteiger partial charge is 0.200 e. The molecule has 0 amide bonds. The van der Waals surface area contributed by atoms with Gasteiger partial charge in [0.2, 0.25) is 0 Å². The molecule has 3 aromatic heterocycles. The molecule has 0 aromatic carbocycles. The van der Waals surface area contributed by atoms with Crippen LogP contribution in [0.4, 0.5) is 5.69 Å². The minimum atomic E-state index is 0.600. The molecule has 0 aliphatic carbocycles. The fraction of sp³-hybridized carbons (Fsp3) is 0. The van der Waals surface area contributed by atoms with Gasteiger partial charge in [0.15, 0.2) is 5.65 Å². The molecule has 2 N–H and O–H groups in total. The molecule has 3 aromatic rings.